The molecule has 2 amide bonds. The summed E-state index contributed by atoms with van der Waals surface area (Å²) in [6.07, 6.45) is 5.94. The van der Waals surface area contributed by atoms with Crippen LogP contribution in [0.25, 0.3) is 0 Å². The Morgan fingerprint density at radius 1 is 0.968 bits per heavy atom. The summed E-state index contributed by atoms with van der Waals surface area (Å²) in [7, 11) is 4.26. The lowest BCUT2D eigenvalue weighted by molar-refractivity contribution is 0.0484. The number of benzene rings is 1. The highest BCUT2D eigenvalue weighted by molar-refractivity contribution is 5.75. The number of hydrazine groups is 1. The van der Waals surface area contributed by atoms with Crippen LogP contribution in [0.15, 0.2) is 24.3 Å². The van der Waals surface area contributed by atoms with Gasteiger partial charge in [-0.15, -0.1) is 0 Å². The Hall–Kier alpha value is -1.99. The van der Waals surface area contributed by atoms with Crippen molar-refractivity contribution < 1.29 is 9.53 Å². The number of piperazine rings is 1. The summed E-state index contributed by atoms with van der Waals surface area (Å²) < 4.78 is 5.99. The molecule has 0 aromatic heterocycles. The quantitative estimate of drug-likeness (QED) is 0.624. The number of anilines is 1. The Kier molecular flexibility index (Phi) is 7.56. The maximum Gasteiger partial charge on any atom is 0.320 e. The highest BCUT2D eigenvalue weighted by Crippen LogP contribution is 2.24. The van der Waals surface area contributed by atoms with Crippen LogP contribution in [0.2, 0.25) is 0 Å². The van der Waals surface area contributed by atoms with Crippen molar-refractivity contribution >= 4 is 11.7 Å². The zero-order valence-corrected chi connectivity index (χ0v) is 19.3. The molecule has 0 bridgehead atoms. The molecule has 1 aromatic rings. The van der Waals surface area contributed by atoms with E-state index in [1.54, 1.807) is 0 Å². The fraction of sp³-hybridized carbons (Fsp3) is 0.708. The fourth-order valence-electron chi connectivity index (χ4n) is 4.99. The summed E-state index contributed by atoms with van der Waals surface area (Å²) in [5, 5.41) is 4.63. The lowest BCUT2D eigenvalue weighted by atomic mass is 10.0. The topological polar surface area (TPSA) is 42.5 Å². The van der Waals surface area contributed by atoms with E-state index in [1.165, 1.54) is 31.6 Å². The molecular weight excluding hydrogens is 390 g/mol. The first kappa shape index (κ1) is 22.2. The lowest BCUT2D eigenvalue weighted by Crippen LogP contribution is -2.52. The Bertz CT molecular complexity index is 696. The van der Waals surface area contributed by atoms with Crippen LogP contribution in [0.4, 0.5) is 10.5 Å². The number of hydrogen-bond donors (Lipinski definition) is 0. The van der Waals surface area contributed by atoms with Gasteiger partial charge >= 0.3 is 6.03 Å². The molecule has 3 fully saturated rings. The third-order valence-electron chi connectivity index (χ3n) is 6.98. The van der Waals surface area contributed by atoms with Crippen molar-refractivity contribution in [2.24, 2.45) is 5.92 Å². The normalized spacial score (nSPS) is 22.5. The lowest BCUT2D eigenvalue weighted by Gasteiger charge is -2.37. The molecule has 0 spiro atoms. The van der Waals surface area contributed by atoms with Gasteiger partial charge in [0.15, 0.2) is 0 Å². The van der Waals surface area contributed by atoms with Crippen molar-refractivity contribution in [2.75, 3.05) is 78.0 Å². The monoisotopic (exact) mass is 429 g/mol. The summed E-state index contributed by atoms with van der Waals surface area (Å²) in [6.45, 7) is 8.40. The molecule has 3 aliphatic heterocycles. The van der Waals surface area contributed by atoms with Crippen molar-refractivity contribution in [1.82, 2.24) is 19.8 Å². The van der Waals surface area contributed by atoms with E-state index in [2.05, 4.69) is 53.3 Å². The number of carbonyl (C=O) groups excluding carboxylic acids is 1. The van der Waals surface area contributed by atoms with E-state index >= 15 is 0 Å². The molecule has 0 radical (unpaired) electrons. The molecule has 1 aromatic carbocycles. The number of amides is 2. The van der Waals surface area contributed by atoms with Crippen LogP contribution in [0.3, 0.4) is 0 Å². The molecular formula is C24H39N5O2. The van der Waals surface area contributed by atoms with E-state index in [1.807, 2.05) is 9.80 Å². The second-order valence-electron chi connectivity index (χ2n) is 9.35. The Labute approximate surface area is 187 Å². The average molecular weight is 430 g/mol. The van der Waals surface area contributed by atoms with Gasteiger partial charge in [0.2, 0.25) is 0 Å². The van der Waals surface area contributed by atoms with Crippen molar-refractivity contribution in [3.63, 3.8) is 0 Å². The number of urea groups is 1. The van der Waals surface area contributed by atoms with E-state index in [4.69, 9.17) is 4.74 Å². The highest BCUT2D eigenvalue weighted by Gasteiger charge is 2.27. The zero-order chi connectivity index (χ0) is 21.6. The molecule has 1 atom stereocenters. The maximum atomic E-state index is 12.6. The first-order valence-corrected chi connectivity index (χ1v) is 12.0. The summed E-state index contributed by atoms with van der Waals surface area (Å²) in [6, 6.07) is 8.70. The summed E-state index contributed by atoms with van der Waals surface area (Å²) in [4.78, 5) is 18.9. The molecule has 7 heteroatoms. The van der Waals surface area contributed by atoms with E-state index in [0.717, 1.165) is 76.8 Å². The van der Waals surface area contributed by atoms with Gasteiger partial charge in [0.25, 0.3) is 0 Å². The third-order valence-corrected chi connectivity index (χ3v) is 6.98. The molecule has 0 aliphatic carbocycles. The number of carbonyl (C=O) groups is 1. The number of rotatable bonds is 7. The second kappa shape index (κ2) is 10.6. The summed E-state index contributed by atoms with van der Waals surface area (Å²) >= 11 is 0. The van der Waals surface area contributed by atoms with Gasteiger partial charge in [0.05, 0.1) is 6.61 Å². The number of nitrogens with zero attached hydrogens (tertiary/aromatic N) is 5. The second-order valence-corrected chi connectivity index (χ2v) is 9.35. The van der Waals surface area contributed by atoms with Gasteiger partial charge in [-0.05, 0) is 62.3 Å². The SMILES string of the molecule is CN(C)N1CC[C@@H](CCCOc2ccc(N3CCN(C(=O)N4CCCC4)CC3)cc2)C1. The number of likely N-dealkylation sites (tertiary alicyclic amines) is 1. The average Bonchev–Trinajstić information content (AvgIpc) is 3.49. The molecule has 4 rings (SSSR count). The van der Waals surface area contributed by atoms with Crippen molar-refractivity contribution in [2.45, 2.75) is 32.1 Å². The molecule has 0 unspecified atom stereocenters. The van der Waals surface area contributed by atoms with Gasteiger partial charge in [-0.3, -0.25) is 0 Å². The number of ether oxygens (including phenoxy) is 1. The minimum atomic E-state index is 0.230. The summed E-state index contributed by atoms with van der Waals surface area (Å²) in [5.41, 5.74) is 1.22. The van der Waals surface area contributed by atoms with Crippen LogP contribution in [0.5, 0.6) is 5.75 Å². The Morgan fingerprint density at radius 2 is 1.65 bits per heavy atom. The fourth-order valence-corrected chi connectivity index (χ4v) is 4.99. The van der Waals surface area contributed by atoms with E-state index < -0.39 is 0 Å². The van der Waals surface area contributed by atoms with Gasteiger partial charge in [-0.2, -0.15) is 0 Å². The first-order chi connectivity index (χ1) is 15.1. The minimum Gasteiger partial charge on any atom is -0.494 e. The largest absolute Gasteiger partial charge is 0.494 e. The van der Waals surface area contributed by atoms with E-state index in [-0.39, 0.29) is 6.03 Å². The molecule has 3 saturated heterocycles. The zero-order valence-electron chi connectivity index (χ0n) is 19.3. The van der Waals surface area contributed by atoms with Gasteiger partial charge in [-0.1, -0.05) is 0 Å². The Balaban J connectivity index is 1.15. The van der Waals surface area contributed by atoms with Gasteiger partial charge in [0, 0.05) is 72.1 Å². The smallest absolute Gasteiger partial charge is 0.320 e. The molecule has 31 heavy (non-hydrogen) atoms. The van der Waals surface area contributed by atoms with Crippen LogP contribution in [0.1, 0.15) is 32.1 Å². The molecule has 0 saturated carbocycles. The maximum absolute atomic E-state index is 12.6. The van der Waals surface area contributed by atoms with Crippen LogP contribution in [0, 0.1) is 5.92 Å². The van der Waals surface area contributed by atoms with Crippen LogP contribution in [-0.2, 0) is 0 Å². The van der Waals surface area contributed by atoms with Crippen LogP contribution >= 0.6 is 0 Å². The van der Waals surface area contributed by atoms with Crippen molar-refractivity contribution in [3.05, 3.63) is 24.3 Å². The minimum absolute atomic E-state index is 0.230. The van der Waals surface area contributed by atoms with Crippen molar-refractivity contribution in [1.29, 1.82) is 0 Å². The molecule has 3 aliphatic rings. The molecule has 3 heterocycles. The van der Waals surface area contributed by atoms with Crippen LogP contribution < -0.4 is 9.64 Å². The first-order valence-electron chi connectivity index (χ1n) is 12.0. The molecule has 172 valence electrons. The van der Waals surface area contributed by atoms with E-state index in [0.29, 0.717) is 0 Å². The van der Waals surface area contributed by atoms with E-state index in [9.17, 15) is 4.79 Å². The molecule has 0 N–H and O–H groups in total. The summed E-state index contributed by atoms with van der Waals surface area (Å²) in [5.74, 6) is 1.75. The van der Waals surface area contributed by atoms with Gasteiger partial charge in [-0.25, -0.2) is 14.8 Å². The van der Waals surface area contributed by atoms with Gasteiger partial charge in [0.1, 0.15) is 5.75 Å². The van der Waals surface area contributed by atoms with Crippen molar-refractivity contribution in [3.8, 4) is 5.75 Å². The van der Waals surface area contributed by atoms with Gasteiger partial charge < -0.3 is 19.4 Å². The predicted molar refractivity (Wildman–Crippen MR) is 125 cm³/mol. The third kappa shape index (κ3) is 5.83. The Morgan fingerprint density at radius 3 is 2.29 bits per heavy atom. The highest BCUT2D eigenvalue weighted by atomic mass is 16.5. The van der Waals surface area contributed by atoms with Crippen LogP contribution in [-0.4, -0.2) is 98.9 Å². The predicted octanol–water partition coefficient (Wildman–Crippen LogP) is 2.98. The molecule has 7 nitrogen and oxygen atoms in total. The standard InChI is InChI=1S/C24H39N5O2/c1-25(2)29-14-11-21(20-29)6-5-19-31-23-9-7-22(8-10-23)26-15-17-28(18-16-26)24(30)27-12-3-4-13-27/h7-10,21H,3-6,11-20H2,1-2H3/t21-/m1/s1. The number of hydrogen-bond acceptors (Lipinski definition) is 5.